The number of aryl methyl sites for hydroxylation is 1. The molecule has 1 aliphatic heterocycles. The van der Waals surface area contributed by atoms with Crippen molar-refractivity contribution in [3.8, 4) is 0 Å². The van der Waals surface area contributed by atoms with Crippen LogP contribution in [0.3, 0.4) is 0 Å². The predicted octanol–water partition coefficient (Wildman–Crippen LogP) is 1.47. The first-order valence-electron chi connectivity index (χ1n) is 8.95. The summed E-state index contributed by atoms with van der Waals surface area (Å²) in [7, 11) is 0. The van der Waals surface area contributed by atoms with E-state index in [1.54, 1.807) is 0 Å². The third-order valence-electron chi connectivity index (χ3n) is 5.26. The summed E-state index contributed by atoms with van der Waals surface area (Å²) in [5.74, 6) is 0.269. The Morgan fingerprint density at radius 2 is 2.12 bits per heavy atom. The number of rotatable bonds is 5. The van der Waals surface area contributed by atoms with Gasteiger partial charge in [-0.05, 0) is 25.3 Å². The maximum Gasteiger partial charge on any atom is 0.234 e. The van der Waals surface area contributed by atoms with Crippen LogP contribution in [0.5, 0.6) is 0 Å². The van der Waals surface area contributed by atoms with E-state index in [0.29, 0.717) is 26.3 Å². The molecule has 24 heavy (non-hydrogen) atoms. The lowest BCUT2D eigenvalue weighted by Crippen LogP contribution is -2.53. The fraction of sp³-hybridized carbons (Fsp3) is 0.632. The molecule has 1 aromatic rings. The molecule has 0 aromatic heterocycles. The standard InChI is InChI=1S/C19H28N2O3/c1-14-5-7-15(8-6-14)11-20-19(23)12-21-9-10-24-13-17(21)16-3-2-4-18(16)22/h5-8,16-18,22H,2-4,9-13H2,1H3,(H,20,23)/t16-,17+,18-/m0/s1. The highest BCUT2D eigenvalue weighted by molar-refractivity contribution is 5.78. The van der Waals surface area contributed by atoms with Crippen molar-refractivity contribution in [2.24, 2.45) is 5.92 Å². The normalized spacial score (nSPS) is 28.0. The Labute approximate surface area is 144 Å². The molecule has 0 radical (unpaired) electrons. The highest BCUT2D eigenvalue weighted by Crippen LogP contribution is 2.32. The maximum absolute atomic E-state index is 12.3. The van der Waals surface area contributed by atoms with Crippen molar-refractivity contribution in [3.63, 3.8) is 0 Å². The van der Waals surface area contributed by atoms with E-state index in [4.69, 9.17) is 4.74 Å². The molecule has 3 rings (SSSR count). The third-order valence-corrected chi connectivity index (χ3v) is 5.26. The molecule has 1 aromatic carbocycles. The van der Waals surface area contributed by atoms with Gasteiger partial charge in [-0.2, -0.15) is 0 Å². The van der Waals surface area contributed by atoms with E-state index < -0.39 is 0 Å². The molecule has 2 fully saturated rings. The van der Waals surface area contributed by atoms with E-state index in [-0.39, 0.29) is 24.0 Å². The summed E-state index contributed by atoms with van der Waals surface area (Å²) in [5, 5.41) is 13.2. The SMILES string of the molecule is Cc1ccc(CNC(=O)CN2CCOC[C@@H]2[C@@H]2CCC[C@@H]2O)cc1. The van der Waals surface area contributed by atoms with Gasteiger partial charge in [0.15, 0.2) is 0 Å². The minimum Gasteiger partial charge on any atom is -0.393 e. The zero-order chi connectivity index (χ0) is 16.9. The number of ether oxygens (including phenoxy) is 1. The van der Waals surface area contributed by atoms with Crippen molar-refractivity contribution in [2.75, 3.05) is 26.3 Å². The zero-order valence-electron chi connectivity index (χ0n) is 14.4. The van der Waals surface area contributed by atoms with Crippen molar-refractivity contribution < 1.29 is 14.6 Å². The second-order valence-electron chi connectivity index (χ2n) is 7.04. The zero-order valence-corrected chi connectivity index (χ0v) is 14.4. The molecule has 132 valence electrons. The smallest absolute Gasteiger partial charge is 0.234 e. The Balaban J connectivity index is 1.52. The van der Waals surface area contributed by atoms with Crippen LogP contribution in [-0.2, 0) is 16.1 Å². The van der Waals surface area contributed by atoms with Crippen LogP contribution in [0.4, 0.5) is 0 Å². The van der Waals surface area contributed by atoms with Crippen molar-refractivity contribution >= 4 is 5.91 Å². The summed E-state index contributed by atoms with van der Waals surface area (Å²) >= 11 is 0. The summed E-state index contributed by atoms with van der Waals surface area (Å²) in [6.45, 7) is 5.02. The van der Waals surface area contributed by atoms with Crippen LogP contribution in [0.2, 0.25) is 0 Å². The Bertz CT molecular complexity index is 546. The molecule has 1 saturated heterocycles. The second-order valence-corrected chi connectivity index (χ2v) is 7.04. The van der Waals surface area contributed by atoms with Crippen LogP contribution in [-0.4, -0.2) is 54.4 Å². The molecule has 3 atom stereocenters. The van der Waals surface area contributed by atoms with Gasteiger partial charge in [0.2, 0.25) is 5.91 Å². The number of hydrogen-bond donors (Lipinski definition) is 2. The van der Waals surface area contributed by atoms with Crippen LogP contribution >= 0.6 is 0 Å². The highest BCUT2D eigenvalue weighted by atomic mass is 16.5. The molecule has 2 aliphatic rings. The quantitative estimate of drug-likeness (QED) is 0.857. The van der Waals surface area contributed by atoms with E-state index in [1.807, 2.05) is 12.1 Å². The van der Waals surface area contributed by atoms with Gasteiger partial charge in [0, 0.05) is 25.0 Å². The topological polar surface area (TPSA) is 61.8 Å². The number of aliphatic hydroxyl groups excluding tert-OH is 1. The first-order valence-corrected chi connectivity index (χ1v) is 8.95. The number of amides is 1. The van der Waals surface area contributed by atoms with Gasteiger partial charge in [-0.3, -0.25) is 9.69 Å². The largest absolute Gasteiger partial charge is 0.393 e. The first-order chi connectivity index (χ1) is 11.6. The summed E-state index contributed by atoms with van der Waals surface area (Å²) in [4.78, 5) is 14.5. The van der Waals surface area contributed by atoms with Gasteiger partial charge in [-0.1, -0.05) is 36.2 Å². The number of hydrogen-bond acceptors (Lipinski definition) is 4. The molecule has 1 amide bonds. The number of carbonyl (C=O) groups excluding carboxylic acids is 1. The molecule has 0 bridgehead atoms. The Morgan fingerprint density at radius 3 is 2.83 bits per heavy atom. The van der Waals surface area contributed by atoms with Crippen molar-refractivity contribution in [1.29, 1.82) is 0 Å². The van der Waals surface area contributed by atoms with Gasteiger partial charge in [-0.25, -0.2) is 0 Å². The van der Waals surface area contributed by atoms with Crippen molar-refractivity contribution in [1.82, 2.24) is 10.2 Å². The van der Waals surface area contributed by atoms with Gasteiger partial charge in [0.25, 0.3) is 0 Å². The van der Waals surface area contributed by atoms with E-state index >= 15 is 0 Å². The lowest BCUT2D eigenvalue weighted by Gasteiger charge is -2.39. The average Bonchev–Trinajstić information content (AvgIpc) is 3.01. The second kappa shape index (κ2) is 8.10. The van der Waals surface area contributed by atoms with Gasteiger partial charge in [0.1, 0.15) is 0 Å². The number of nitrogens with one attached hydrogen (secondary N) is 1. The number of carbonyl (C=O) groups is 1. The van der Waals surface area contributed by atoms with Crippen LogP contribution in [0, 0.1) is 12.8 Å². The summed E-state index contributed by atoms with van der Waals surface area (Å²) < 4.78 is 5.61. The highest BCUT2D eigenvalue weighted by Gasteiger charge is 2.38. The summed E-state index contributed by atoms with van der Waals surface area (Å²) in [5.41, 5.74) is 2.33. The molecule has 5 heteroatoms. The van der Waals surface area contributed by atoms with Crippen molar-refractivity contribution in [2.45, 2.75) is 44.9 Å². The number of benzene rings is 1. The molecule has 1 saturated carbocycles. The van der Waals surface area contributed by atoms with Crippen LogP contribution in [0.1, 0.15) is 30.4 Å². The van der Waals surface area contributed by atoms with Crippen LogP contribution in [0.15, 0.2) is 24.3 Å². The summed E-state index contributed by atoms with van der Waals surface area (Å²) in [6.07, 6.45) is 2.70. The minimum atomic E-state index is -0.255. The van der Waals surface area contributed by atoms with Crippen molar-refractivity contribution in [3.05, 3.63) is 35.4 Å². The van der Waals surface area contributed by atoms with Gasteiger partial charge >= 0.3 is 0 Å². The van der Waals surface area contributed by atoms with E-state index in [0.717, 1.165) is 31.4 Å². The average molecular weight is 332 g/mol. The molecular formula is C19H28N2O3. The predicted molar refractivity (Wildman–Crippen MR) is 92.6 cm³/mol. The minimum absolute atomic E-state index is 0.0370. The Kier molecular flexibility index (Phi) is 5.87. The summed E-state index contributed by atoms with van der Waals surface area (Å²) in [6, 6.07) is 8.35. The van der Waals surface area contributed by atoms with Crippen LogP contribution in [0.25, 0.3) is 0 Å². The Morgan fingerprint density at radius 1 is 1.33 bits per heavy atom. The first kappa shape index (κ1) is 17.4. The fourth-order valence-corrected chi connectivity index (χ4v) is 3.81. The Hall–Kier alpha value is -1.43. The van der Waals surface area contributed by atoms with Gasteiger partial charge < -0.3 is 15.2 Å². The lowest BCUT2D eigenvalue weighted by atomic mass is 9.94. The lowest BCUT2D eigenvalue weighted by molar-refractivity contribution is -0.126. The van der Waals surface area contributed by atoms with E-state index in [9.17, 15) is 9.90 Å². The molecule has 1 aliphatic carbocycles. The number of aliphatic hydroxyl groups is 1. The molecule has 0 spiro atoms. The molecule has 1 heterocycles. The van der Waals surface area contributed by atoms with E-state index in [1.165, 1.54) is 5.56 Å². The fourth-order valence-electron chi connectivity index (χ4n) is 3.81. The van der Waals surface area contributed by atoms with Gasteiger partial charge in [-0.15, -0.1) is 0 Å². The molecular weight excluding hydrogens is 304 g/mol. The molecule has 0 unspecified atom stereocenters. The monoisotopic (exact) mass is 332 g/mol. The van der Waals surface area contributed by atoms with Gasteiger partial charge in [0.05, 0.1) is 25.9 Å². The number of nitrogens with zero attached hydrogens (tertiary/aromatic N) is 1. The van der Waals surface area contributed by atoms with E-state index in [2.05, 4.69) is 29.3 Å². The molecule has 5 nitrogen and oxygen atoms in total. The number of morpholine rings is 1. The third kappa shape index (κ3) is 4.35. The van der Waals surface area contributed by atoms with Crippen LogP contribution < -0.4 is 5.32 Å². The maximum atomic E-state index is 12.3. The molecule has 2 N–H and O–H groups in total.